The summed E-state index contributed by atoms with van der Waals surface area (Å²) in [6.07, 6.45) is 0. The van der Waals surface area contributed by atoms with Crippen molar-refractivity contribution in [2.75, 3.05) is 0 Å². The average molecular weight is 545 g/mol. The lowest BCUT2D eigenvalue weighted by molar-refractivity contribution is 0.454. The van der Waals surface area contributed by atoms with Crippen molar-refractivity contribution >= 4 is 61.0 Å². The van der Waals surface area contributed by atoms with Gasteiger partial charge in [0.05, 0.1) is 15.7 Å². The van der Waals surface area contributed by atoms with Crippen LogP contribution in [0, 0.1) is 0 Å². The van der Waals surface area contributed by atoms with E-state index in [2.05, 4.69) is 120 Å². The molecule has 2 aromatic heterocycles. The molecule has 0 spiro atoms. The topological polar surface area (TPSA) is 34.4 Å². The molecule has 0 atom stereocenters. The molecule has 1 N–H and O–H groups in total. The lowest BCUT2D eigenvalue weighted by Gasteiger charge is -2.11. The van der Waals surface area contributed by atoms with Crippen molar-refractivity contribution in [1.82, 2.24) is 4.57 Å². The van der Waals surface area contributed by atoms with E-state index in [4.69, 9.17) is 4.65 Å². The van der Waals surface area contributed by atoms with Crippen molar-refractivity contribution in [2.24, 2.45) is 0 Å². The maximum Gasteiger partial charge on any atom is 0.504 e. The molecule has 0 saturated heterocycles. The molecule has 0 fully saturated rings. The predicted octanol–water partition coefficient (Wildman–Crippen LogP) is 9.12. The van der Waals surface area contributed by atoms with Crippen LogP contribution in [0.4, 0.5) is 0 Å². The third-order valence-corrected chi connectivity index (χ3v) is 9.12. The Morgan fingerprint density at radius 3 is 1.93 bits per heavy atom. The van der Waals surface area contributed by atoms with Gasteiger partial charge in [-0.1, -0.05) is 97.1 Å². The third kappa shape index (κ3) is 3.93. The fourth-order valence-corrected chi connectivity index (χ4v) is 7.22. The molecule has 194 valence electrons. The zero-order valence-electron chi connectivity index (χ0n) is 22.1. The second-order valence-corrected chi connectivity index (χ2v) is 11.3. The largest absolute Gasteiger partial charge is 0.539 e. The van der Waals surface area contributed by atoms with Crippen LogP contribution in [-0.4, -0.2) is 17.3 Å². The molecule has 0 bridgehead atoms. The smallest absolute Gasteiger partial charge is 0.504 e. The fraction of sp³-hybridized carbons (Fsp3) is 0. The zero-order chi connectivity index (χ0) is 27.3. The molecule has 2 heterocycles. The number of fused-ring (bicyclic) bond motifs is 7. The maximum atomic E-state index is 9.38. The van der Waals surface area contributed by atoms with E-state index in [0.717, 1.165) is 16.6 Å². The summed E-state index contributed by atoms with van der Waals surface area (Å²) in [6, 6.07) is 47.2. The van der Waals surface area contributed by atoms with Crippen LogP contribution in [-0.2, 0) is 0 Å². The summed E-state index contributed by atoms with van der Waals surface area (Å²) in [6.45, 7) is 0. The number of hydrogen-bond donors (Lipinski definition) is 1. The summed E-state index contributed by atoms with van der Waals surface area (Å²) in [5.74, 6) is 0.657. The summed E-state index contributed by atoms with van der Waals surface area (Å²) in [5.41, 5.74) is 8.22. The number of benzene rings is 6. The van der Waals surface area contributed by atoms with Gasteiger partial charge in [-0.25, -0.2) is 0 Å². The van der Waals surface area contributed by atoms with Gasteiger partial charge in [0.2, 0.25) is 0 Å². The van der Waals surface area contributed by atoms with Crippen molar-refractivity contribution in [1.29, 1.82) is 0 Å². The van der Waals surface area contributed by atoms with Gasteiger partial charge in [-0.3, -0.25) is 0 Å². The number of nitrogens with zero attached hydrogens (tertiary/aromatic N) is 1. The van der Waals surface area contributed by atoms with Crippen LogP contribution in [0.5, 0.6) is 5.75 Å². The quantitative estimate of drug-likeness (QED) is 0.219. The molecule has 0 radical (unpaired) electrons. The molecule has 5 heteroatoms. The highest BCUT2D eigenvalue weighted by atomic mass is 32.1. The highest BCUT2D eigenvalue weighted by Gasteiger charge is 2.18. The van der Waals surface area contributed by atoms with E-state index >= 15 is 0 Å². The van der Waals surface area contributed by atoms with E-state index < -0.39 is 0 Å². The minimum absolute atomic E-state index is 0.349. The molecule has 8 aromatic rings. The first-order valence-corrected chi connectivity index (χ1v) is 14.5. The van der Waals surface area contributed by atoms with Crippen LogP contribution in [0.3, 0.4) is 0 Å². The van der Waals surface area contributed by atoms with Crippen molar-refractivity contribution in [3.63, 3.8) is 0 Å². The normalized spacial score (nSPS) is 11.5. The van der Waals surface area contributed by atoms with Crippen LogP contribution in [0.2, 0.25) is 0 Å². The van der Waals surface area contributed by atoms with E-state index in [1.165, 1.54) is 53.3 Å². The van der Waals surface area contributed by atoms with Gasteiger partial charge in [0.25, 0.3) is 0 Å². The van der Waals surface area contributed by atoms with E-state index in [0.29, 0.717) is 5.75 Å². The summed E-state index contributed by atoms with van der Waals surface area (Å²) in [4.78, 5) is 0. The molecular formula is C36H24BNO2S. The molecule has 0 saturated carbocycles. The SMILES string of the molecule is OBOc1ccc2c(c1)c1ccc3c4ccccc4sc3c1n2-c1ccc(-c2ccc(-c3ccccc3)cc2)cc1. The Morgan fingerprint density at radius 2 is 1.20 bits per heavy atom. The fourth-order valence-electron chi connectivity index (χ4n) is 5.98. The molecule has 0 unspecified atom stereocenters. The predicted molar refractivity (Wildman–Crippen MR) is 175 cm³/mol. The van der Waals surface area contributed by atoms with E-state index in [1.807, 2.05) is 29.5 Å². The van der Waals surface area contributed by atoms with E-state index in [-0.39, 0.29) is 7.69 Å². The Labute approximate surface area is 241 Å². The first-order valence-electron chi connectivity index (χ1n) is 13.7. The minimum atomic E-state index is -0.349. The van der Waals surface area contributed by atoms with Gasteiger partial charge >= 0.3 is 7.69 Å². The molecule has 3 nitrogen and oxygen atoms in total. The highest BCUT2D eigenvalue weighted by molar-refractivity contribution is 7.26. The Kier molecular flexibility index (Phi) is 5.66. The second-order valence-electron chi connectivity index (χ2n) is 10.2. The van der Waals surface area contributed by atoms with Crippen molar-refractivity contribution in [3.05, 3.63) is 133 Å². The standard InChI is InChI=1S/C36H24BNO2S/c39-37-40-28-18-21-33-32(22-28)30-19-20-31-29-8-4-5-9-34(29)41-36(31)35(30)38(33)27-16-14-26(15-17-27)25-12-10-24(11-13-25)23-6-2-1-3-7-23/h1-22,37,39H. The molecular weight excluding hydrogens is 521 g/mol. The Balaban J connectivity index is 1.30. The number of rotatable bonds is 5. The van der Waals surface area contributed by atoms with Crippen LogP contribution >= 0.6 is 11.3 Å². The number of hydrogen-bond acceptors (Lipinski definition) is 3. The van der Waals surface area contributed by atoms with Gasteiger partial charge in [-0.15, -0.1) is 11.3 Å². The lowest BCUT2D eigenvalue weighted by atomic mass is 10.0. The van der Waals surface area contributed by atoms with Gasteiger partial charge in [0.1, 0.15) is 5.75 Å². The minimum Gasteiger partial charge on any atom is -0.539 e. The molecule has 0 aliphatic carbocycles. The Hall–Kier alpha value is -4.84. The van der Waals surface area contributed by atoms with E-state index in [1.54, 1.807) is 0 Å². The molecule has 0 amide bonds. The van der Waals surface area contributed by atoms with Crippen molar-refractivity contribution in [2.45, 2.75) is 0 Å². The van der Waals surface area contributed by atoms with Crippen molar-refractivity contribution < 1.29 is 9.68 Å². The summed E-state index contributed by atoms with van der Waals surface area (Å²) >= 11 is 1.84. The first kappa shape index (κ1) is 24.0. The van der Waals surface area contributed by atoms with Crippen LogP contribution in [0.25, 0.3) is 69.9 Å². The van der Waals surface area contributed by atoms with Crippen LogP contribution in [0.1, 0.15) is 0 Å². The molecule has 0 aliphatic rings. The molecule has 41 heavy (non-hydrogen) atoms. The zero-order valence-corrected chi connectivity index (χ0v) is 22.9. The Morgan fingerprint density at radius 1 is 0.561 bits per heavy atom. The summed E-state index contributed by atoms with van der Waals surface area (Å²) in [7, 11) is -0.349. The summed E-state index contributed by atoms with van der Waals surface area (Å²) in [5, 5.41) is 14.2. The number of aromatic nitrogens is 1. The lowest BCUT2D eigenvalue weighted by Crippen LogP contribution is -1.99. The first-order chi connectivity index (χ1) is 20.3. The van der Waals surface area contributed by atoms with Crippen LogP contribution < -0.4 is 4.65 Å². The third-order valence-electron chi connectivity index (χ3n) is 7.93. The number of thiophene rings is 1. The second kappa shape index (κ2) is 9.67. The monoisotopic (exact) mass is 545 g/mol. The maximum absolute atomic E-state index is 9.38. The van der Waals surface area contributed by atoms with Crippen molar-refractivity contribution in [3.8, 4) is 33.7 Å². The Bertz CT molecular complexity index is 2200. The van der Waals surface area contributed by atoms with E-state index in [9.17, 15) is 5.02 Å². The highest BCUT2D eigenvalue weighted by Crippen LogP contribution is 2.43. The molecule has 6 aromatic carbocycles. The van der Waals surface area contributed by atoms with Gasteiger partial charge in [-0.2, -0.15) is 0 Å². The van der Waals surface area contributed by atoms with Gasteiger partial charge < -0.3 is 14.2 Å². The summed E-state index contributed by atoms with van der Waals surface area (Å²) < 4.78 is 10.4. The van der Waals surface area contributed by atoms with Crippen LogP contribution in [0.15, 0.2) is 133 Å². The van der Waals surface area contributed by atoms with Gasteiger partial charge in [0, 0.05) is 31.9 Å². The molecule has 0 aliphatic heterocycles. The van der Waals surface area contributed by atoms with Gasteiger partial charge in [0.15, 0.2) is 0 Å². The molecule has 8 rings (SSSR count). The average Bonchev–Trinajstić information content (AvgIpc) is 3.58. The van der Waals surface area contributed by atoms with Gasteiger partial charge in [-0.05, 0) is 58.7 Å².